The van der Waals surface area contributed by atoms with Gasteiger partial charge in [0, 0.05) is 0 Å². The van der Waals surface area contributed by atoms with Gasteiger partial charge in [-0.3, -0.25) is 9.05 Å². The molecule has 0 unspecified atom stereocenters. The van der Waals surface area contributed by atoms with E-state index >= 15 is 0 Å². The Balaban J connectivity index is 1.52. The van der Waals surface area contributed by atoms with Gasteiger partial charge >= 0.3 is 24.7 Å². The van der Waals surface area contributed by atoms with Gasteiger partial charge in [0.2, 0.25) is 4.52 Å². The van der Waals surface area contributed by atoms with Crippen LogP contribution in [0.4, 0.5) is 0 Å². The highest BCUT2D eigenvalue weighted by Crippen LogP contribution is 2.66. The lowest BCUT2D eigenvalue weighted by molar-refractivity contribution is 0.438. The van der Waals surface area contributed by atoms with Gasteiger partial charge in [-0.25, -0.2) is 9.05 Å². The summed E-state index contributed by atoms with van der Waals surface area (Å²) in [4.78, 5) is 3.52. The fourth-order valence-electron chi connectivity index (χ4n) is 4.68. The molecule has 8 nitrogen and oxygen atoms in total. The fourth-order valence-corrected chi connectivity index (χ4v) is 10.2. The van der Waals surface area contributed by atoms with Crippen molar-refractivity contribution in [3.05, 3.63) is 179 Å². The Hall–Kier alpha value is -4.96. The number of hydrogen-bond donors (Lipinski definition) is 1. The van der Waals surface area contributed by atoms with Gasteiger partial charge in [-0.2, -0.15) is 0 Å². The van der Waals surface area contributed by atoms with E-state index in [9.17, 15) is 0 Å². The molecule has 0 bridgehead atoms. The van der Waals surface area contributed by atoms with Gasteiger partial charge < -0.3 is 9.05 Å². The van der Waals surface area contributed by atoms with Crippen LogP contribution in [0.3, 0.4) is 0 Å². The average Bonchev–Trinajstić information content (AvgIpc) is 3.14. The van der Waals surface area contributed by atoms with Crippen LogP contribution in [0.15, 0.2) is 150 Å². The summed E-state index contributed by atoms with van der Waals surface area (Å²) in [6, 6.07) is 46.4. The average molecular weight is 765 g/mol. The molecule has 0 fully saturated rings. The van der Waals surface area contributed by atoms with E-state index in [1.807, 2.05) is 187 Å². The minimum Gasteiger partial charge on any atom is -0.425 e. The number of benzene rings is 6. The van der Waals surface area contributed by atoms with Crippen molar-refractivity contribution in [1.29, 1.82) is 0 Å². The molecule has 270 valence electrons. The lowest BCUT2D eigenvalue weighted by atomic mass is 10.2. The molecule has 0 spiro atoms. The van der Waals surface area contributed by atoms with Crippen molar-refractivity contribution in [3.8, 4) is 34.5 Å². The van der Waals surface area contributed by atoms with Crippen LogP contribution in [0.1, 0.15) is 33.4 Å². The summed E-state index contributed by atoms with van der Waals surface area (Å²) in [6.07, 6.45) is 0. The van der Waals surface area contributed by atoms with Crippen LogP contribution in [0.5, 0.6) is 34.5 Å². The quantitative estimate of drug-likeness (QED) is 0.104. The minimum atomic E-state index is -3.74. The zero-order valence-electron chi connectivity index (χ0n) is 30.6. The van der Waals surface area contributed by atoms with Crippen LogP contribution in [0.25, 0.3) is 0 Å². The van der Waals surface area contributed by atoms with Gasteiger partial charge in [0.25, 0.3) is 0 Å². The van der Waals surface area contributed by atoms with Crippen molar-refractivity contribution < 1.29 is 27.1 Å². The van der Waals surface area contributed by atoms with E-state index in [1.165, 1.54) is 0 Å². The van der Waals surface area contributed by atoms with Crippen molar-refractivity contribution in [2.24, 2.45) is 4.52 Å². The Morgan fingerprint density at radius 1 is 0.396 bits per heavy atom. The minimum absolute atomic E-state index is 0.522. The predicted molar refractivity (Wildman–Crippen MR) is 217 cm³/mol. The first-order valence-electron chi connectivity index (χ1n) is 17.1. The maximum absolute atomic E-state index is 6.90. The van der Waals surface area contributed by atoms with E-state index in [0.717, 1.165) is 33.4 Å². The maximum Gasteiger partial charge on any atom is 0.715 e. The first kappa shape index (κ1) is 37.8. The highest BCUT2D eigenvalue weighted by molar-refractivity contribution is 7.75. The summed E-state index contributed by atoms with van der Waals surface area (Å²) in [6.45, 7) is 12.1. The third-order valence-corrected chi connectivity index (χ3v) is 13.3. The molecule has 0 amide bonds. The van der Waals surface area contributed by atoms with Crippen LogP contribution < -0.4 is 32.0 Å². The zero-order valence-corrected chi connectivity index (χ0v) is 33.3. The lowest BCUT2D eigenvalue weighted by Gasteiger charge is -2.22. The normalized spacial score (nSPS) is 11.1. The van der Waals surface area contributed by atoms with Crippen LogP contribution in [-0.2, 0) is 0 Å². The highest BCUT2D eigenvalue weighted by Gasteiger charge is 2.60. The molecular weight excluding hydrogens is 721 g/mol. The molecule has 53 heavy (non-hydrogen) atoms. The number of aryl methyl sites for hydroxylation is 6. The topological polar surface area (TPSA) is 79.8 Å². The van der Waals surface area contributed by atoms with E-state index in [-0.39, 0.29) is 0 Å². The first-order valence-corrected chi connectivity index (χ1v) is 21.0. The van der Waals surface area contributed by atoms with Gasteiger partial charge in [0.15, 0.2) is 23.0 Å². The molecule has 6 aromatic carbocycles. The van der Waals surface area contributed by atoms with Crippen LogP contribution in [0, 0.1) is 41.5 Å². The number of hydrogen-bond acceptors (Lipinski definition) is 8. The Bertz CT molecular complexity index is 1950. The molecule has 0 heterocycles. The Kier molecular flexibility index (Phi) is 12.6. The Morgan fingerprint density at radius 2 is 0.660 bits per heavy atom. The van der Waals surface area contributed by atoms with E-state index in [1.54, 1.807) is 0 Å². The molecule has 0 radical (unpaired) electrons. The van der Waals surface area contributed by atoms with E-state index in [2.05, 4.69) is 4.86 Å². The molecule has 0 aromatic heterocycles. The maximum atomic E-state index is 6.90. The highest BCUT2D eigenvalue weighted by atomic mass is 31.3. The Morgan fingerprint density at radius 3 is 0.962 bits per heavy atom. The number of nitrogens with one attached hydrogen (secondary N) is 1. The SMILES string of the molecule is Cc1ccc(OP(N[P+](N=[P+](Oc2ccc(C)cc2)Oc2ccc(C)cc2)(Oc2ccc(C)cc2)Oc2ccc(C)cc2)Oc2ccc(C)cc2)cc1. The predicted octanol–water partition coefficient (Wildman–Crippen LogP) is 13.3. The molecule has 0 saturated carbocycles. The molecule has 0 aliphatic carbocycles. The molecule has 11 heteroatoms. The molecule has 1 N–H and O–H groups in total. The van der Waals surface area contributed by atoms with Crippen LogP contribution >= 0.6 is 24.7 Å². The van der Waals surface area contributed by atoms with Crippen molar-refractivity contribution >= 4 is 24.7 Å². The summed E-state index contributed by atoms with van der Waals surface area (Å²) >= 11 is 0. The second-order valence-electron chi connectivity index (χ2n) is 12.6. The second kappa shape index (κ2) is 17.7. The Labute approximate surface area is 315 Å². The van der Waals surface area contributed by atoms with Crippen molar-refractivity contribution in [3.63, 3.8) is 0 Å². The van der Waals surface area contributed by atoms with Gasteiger partial charge in [-0.15, -0.1) is 0 Å². The smallest absolute Gasteiger partial charge is 0.425 e. The molecule has 6 aromatic rings. The fraction of sp³-hybridized carbons (Fsp3) is 0.143. The van der Waals surface area contributed by atoms with Gasteiger partial charge in [-0.05, 0) is 119 Å². The summed E-state index contributed by atoms with van der Waals surface area (Å²) in [5.41, 5.74) is 6.54. The lowest BCUT2D eigenvalue weighted by Crippen LogP contribution is -2.23. The van der Waals surface area contributed by atoms with Crippen molar-refractivity contribution in [2.45, 2.75) is 41.5 Å². The largest absolute Gasteiger partial charge is 0.715 e. The van der Waals surface area contributed by atoms with Gasteiger partial charge in [0.05, 0.1) is 0 Å². The standard InChI is InChI=1S/C42H43N2O6P3/c1-31-7-19-37(20-8-31)45-51(46-38-21-9-32(2)10-22-38)43-53(49-41-27-15-35(5)16-28-41,50-42-29-17-36(6)18-30-42)44-52(47-39-23-11-33(3)12-24-39)48-40-25-13-34(4)14-26-40/h7-30,43H,1-6H3/q+2. The zero-order chi connectivity index (χ0) is 37.2. The number of nitrogens with zero attached hydrogens (tertiary/aromatic N) is 1. The summed E-state index contributed by atoms with van der Waals surface area (Å²) in [5.74, 6) is 3.39. The molecule has 6 rings (SSSR count). The summed E-state index contributed by atoms with van der Waals surface area (Å²) in [5, 5.41) is 0. The molecule has 0 aliphatic heterocycles. The summed E-state index contributed by atoms with van der Waals surface area (Å²) < 4.78 is 45.3. The van der Waals surface area contributed by atoms with Crippen molar-refractivity contribution in [2.75, 3.05) is 0 Å². The molecule has 0 saturated heterocycles. The van der Waals surface area contributed by atoms with Gasteiger partial charge in [0.1, 0.15) is 11.5 Å². The van der Waals surface area contributed by atoms with Crippen LogP contribution in [0.2, 0.25) is 0 Å². The monoisotopic (exact) mass is 764 g/mol. The third kappa shape index (κ3) is 11.5. The molecule has 0 atom stereocenters. The van der Waals surface area contributed by atoms with Gasteiger partial charge in [-0.1, -0.05) is 106 Å². The number of rotatable bonds is 15. The van der Waals surface area contributed by atoms with E-state index < -0.39 is 24.7 Å². The third-order valence-electron chi connectivity index (χ3n) is 7.73. The summed E-state index contributed by atoms with van der Waals surface area (Å²) in [7, 11) is -7.89. The van der Waals surface area contributed by atoms with E-state index in [0.29, 0.717) is 34.5 Å². The van der Waals surface area contributed by atoms with Crippen molar-refractivity contribution in [1.82, 2.24) is 4.86 Å². The molecule has 0 aliphatic rings. The van der Waals surface area contributed by atoms with Crippen LogP contribution in [-0.4, -0.2) is 0 Å². The molecular formula is C42H43N2O6P3+2. The first-order chi connectivity index (χ1) is 25.6. The van der Waals surface area contributed by atoms with E-state index in [4.69, 9.17) is 31.7 Å². The second-order valence-corrected chi connectivity index (χ2v) is 17.3.